The summed E-state index contributed by atoms with van der Waals surface area (Å²) < 4.78 is 0. The number of benzene rings is 3. The lowest BCUT2D eigenvalue weighted by Gasteiger charge is -2.23. The number of rotatable bonds is 4. The van der Waals surface area contributed by atoms with Gasteiger partial charge < -0.3 is 0 Å². The molecule has 0 aliphatic carbocycles. The van der Waals surface area contributed by atoms with Crippen molar-refractivity contribution in [1.29, 1.82) is 0 Å². The third-order valence-electron chi connectivity index (χ3n) is 5.00. The molecule has 0 nitrogen and oxygen atoms in total. The maximum Gasteiger partial charge on any atom is 0.281 e. The second kappa shape index (κ2) is 7.76. The molecule has 0 fully saturated rings. The van der Waals surface area contributed by atoms with Crippen molar-refractivity contribution in [2.45, 2.75) is 46.4 Å². The van der Waals surface area contributed by atoms with Crippen LogP contribution in [-0.2, 0) is 0 Å². The monoisotopic (exact) mass is 358 g/mol. The fraction of sp³-hybridized carbons (Fsp3) is 0.250. The average molecular weight is 358 g/mol. The Kier molecular flexibility index (Phi) is 5.62. The van der Waals surface area contributed by atoms with Crippen LogP contribution in [0, 0.1) is 41.5 Å². The standard InChI is InChI=1S/C24H27BS/c1-16-12-18(3)23(19(4)13-16)25(26-22-10-8-7-9-11-22)24-20(5)14-17(2)15-21(24)6/h7-15H,1-6H3. The Morgan fingerprint density at radius 1 is 0.577 bits per heavy atom. The van der Waals surface area contributed by atoms with Crippen LogP contribution < -0.4 is 10.9 Å². The van der Waals surface area contributed by atoms with Crippen LogP contribution in [0.5, 0.6) is 0 Å². The molecule has 0 aromatic heterocycles. The van der Waals surface area contributed by atoms with E-state index in [0.717, 1.165) is 0 Å². The van der Waals surface area contributed by atoms with Crippen molar-refractivity contribution in [3.8, 4) is 0 Å². The van der Waals surface area contributed by atoms with E-state index in [1.807, 2.05) is 11.6 Å². The van der Waals surface area contributed by atoms with Gasteiger partial charge in [-0.15, -0.1) is 0 Å². The maximum absolute atomic E-state index is 2.32. The summed E-state index contributed by atoms with van der Waals surface area (Å²) in [7, 11) is 0. The molecule has 2 heteroatoms. The highest BCUT2D eigenvalue weighted by molar-refractivity contribution is 8.28. The quantitative estimate of drug-likeness (QED) is 0.560. The van der Waals surface area contributed by atoms with Crippen molar-refractivity contribution in [2.24, 2.45) is 0 Å². The van der Waals surface area contributed by atoms with Gasteiger partial charge in [0.1, 0.15) is 0 Å². The zero-order valence-corrected chi connectivity index (χ0v) is 17.5. The Labute approximate surface area is 163 Å². The van der Waals surface area contributed by atoms with Crippen molar-refractivity contribution in [3.05, 3.63) is 88.0 Å². The zero-order chi connectivity index (χ0) is 18.8. The molecular formula is C24H27BS. The van der Waals surface area contributed by atoms with Gasteiger partial charge in [0.05, 0.1) is 0 Å². The van der Waals surface area contributed by atoms with Gasteiger partial charge in [0, 0.05) is 0 Å². The van der Waals surface area contributed by atoms with Gasteiger partial charge in [0.15, 0.2) is 0 Å². The number of hydrogen-bond acceptors (Lipinski definition) is 1. The number of aryl methyl sites for hydroxylation is 6. The average Bonchev–Trinajstić information content (AvgIpc) is 2.53. The first-order chi connectivity index (χ1) is 12.4. The van der Waals surface area contributed by atoms with Gasteiger partial charge in [-0.1, -0.05) is 86.8 Å². The summed E-state index contributed by atoms with van der Waals surface area (Å²) in [6.45, 7) is 13.4. The lowest BCUT2D eigenvalue weighted by Crippen LogP contribution is -2.45. The van der Waals surface area contributed by atoms with Crippen molar-refractivity contribution < 1.29 is 0 Å². The van der Waals surface area contributed by atoms with Crippen LogP contribution in [0.1, 0.15) is 33.4 Å². The van der Waals surface area contributed by atoms with Crippen LogP contribution in [0.4, 0.5) is 0 Å². The molecule has 0 atom stereocenters. The van der Waals surface area contributed by atoms with E-state index in [1.165, 1.54) is 49.2 Å². The van der Waals surface area contributed by atoms with Crippen LogP contribution in [0.25, 0.3) is 0 Å². The van der Waals surface area contributed by atoms with Crippen LogP contribution in [0.15, 0.2) is 59.5 Å². The summed E-state index contributed by atoms with van der Waals surface area (Å²) in [6.07, 6.45) is 0. The molecule has 0 bridgehead atoms. The summed E-state index contributed by atoms with van der Waals surface area (Å²) in [5.41, 5.74) is 11.1. The highest BCUT2D eigenvalue weighted by Gasteiger charge is 2.27. The predicted octanol–water partition coefficient (Wildman–Crippen LogP) is 5.44. The summed E-state index contributed by atoms with van der Waals surface area (Å²) in [5.74, 6) is 0.304. The summed E-state index contributed by atoms with van der Waals surface area (Å²) in [5, 5.41) is 0. The smallest absolute Gasteiger partial charge is 0.163 e. The molecule has 0 aliphatic heterocycles. The third-order valence-corrected chi connectivity index (χ3v) is 6.25. The van der Waals surface area contributed by atoms with E-state index in [2.05, 4.69) is 96.1 Å². The van der Waals surface area contributed by atoms with E-state index in [4.69, 9.17) is 0 Å². The van der Waals surface area contributed by atoms with Crippen LogP contribution in [-0.4, -0.2) is 5.99 Å². The molecule has 3 rings (SSSR count). The predicted molar refractivity (Wildman–Crippen MR) is 119 cm³/mol. The Balaban J connectivity index is 2.21. The SMILES string of the molecule is Cc1cc(C)c(B(Sc2ccccc2)c2c(C)cc(C)cc2C)c(C)c1. The van der Waals surface area contributed by atoms with E-state index in [9.17, 15) is 0 Å². The van der Waals surface area contributed by atoms with Gasteiger partial charge >= 0.3 is 0 Å². The van der Waals surface area contributed by atoms with E-state index < -0.39 is 0 Å². The molecule has 3 aromatic rings. The molecule has 0 unspecified atom stereocenters. The zero-order valence-electron chi connectivity index (χ0n) is 16.7. The highest BCUT2D eigenvalue weighted by atomic mass is 32.2. The van der Waals surface area contributed by atoms with Crippen molar-refractivity contribution in [3.63, 3.8) is 0 Å². The van der Waals surface area contributed by atoms with Gasteiger partial charge in [0.2, 0.25) is 0 Å². The normalized spacial score (nSPS) is 10.8. The molecular weight excluding hydrogens is 331 g/mol. The van der Waals surface area contributed by atoms with Crippen molar-refractivity contribution in [2.75, 3.05) is 0 Å². The first-order valence-corrected chi connectivity index (χ1v) is 10.1. The second-order valence-corrected chi connectivity index (χ2v) is 8.61. The van der Waals surface area contributed by atoms with Gasteiger partial charge in [-0.25, -0.2) is 0 Å². The van der Waals surface area contributed by atoms with Gasteiger partial charge in [0.25, 0.3) is 5.99 Å². The molecule has 3 aromatic carbocycles. The van der Waals surface area contributed by atoms with E-state index in [-0.39, 0.29) is 0 Å². The largest absolute Gasteiger partial charge is 0.281 e. The summed E-state index contributed by atoms with van der Waals surface area (Å²) in [6, 6.07) is 20.1. The minimum absolute atomic E-state index is 0.304. The van der Waals surface area contributed by atoms with Crippen LogP contribution >= 0.6 is 11.6 Å². The summed E-state index contributed by atoms with van der Waals surface area (Å²) >= 11 is 1.96. The lowest BCUT2D eigenvalue weighted by molar-refractivity contribution is 1.34. The minimum Gasteiger partial charge on any atom is -0.163 e. The molecule has 0 aliphatic rings. The second-order valence-electron chi connectivity index (χ2n) is 7.44. The van der Waals surface area contributed by atoms with E-state index in [1.54, 1.807) is 0 Å². The van der Waals surface area contributed by atoms with Gasteiger partial charge in [-0.2, -0.15) is 11.6 Å². The molecule has 0 spiro atoms. The summed E-state index contributed by atoms with van der Waals surface area (Å²) in [4.78, 5) is 1.32. The first-order valence-electron chi connectivity index (χ1n) is 9.24. The van der Waals surface area contributed by atoms with Crippen LogP contribution in [0.3, 0.4) is 0 Å². The molecule has 26 heavy (non-hydrogen) atoms. The van der Waals surface area contributed by atoms with Crippen molar-refractivity contribution in [1.82, 2.24) is 0 Å². The Hall–Kier alpha value is -1.93. The molecule has 0 heterocycles. The molecule has 0 amide bonds. The third kappa shape index (κ3) is 3.91. The fourth-order valence-corrected chi connectivity index (χ4v) is 5.67. The Morgan fingerprint density at radius 2 is 0.962 bits per heavy atom. The minimum atomic E-state index is 0.304. The molecule has 0 N–H and O–H groups in total. The fourth-order valence-electron chi connectivity index (χ4n) is 4.11. The Morgan fingerprint density at radius 3 is 1.35 bits per heavy atom. The van der Waals surface area contributed by atoms with E-state index in [0.29, 0.717) is 5.99 Å². The van der Waals surface area contributed by atoms with Gasteiger partial charge in [-0.3, -0.25) is 0 Å². The molecule has 0 saturated heterocycles. The highest BCUT2D eigenvalue weighted by Crippen LogP contribution is 2.25. The molecule has 0 saturated carbocycles. The molecule has 0 radical (unpaired) electrons. The maximum atomic E-state index is 2.32. The number of hydrogen-bond donors (Lipinski definition) is 0. The Bertz CT molecular complexity index is 825. The van der Waals surface area contributed by atoms with Crippen molar-refractivity contribution >= 4 is 28.5 Å². The lowest BCUT2D eigenvalue weighted by atomic mass is 9.56. The first kappa shape index (κ1) is 18.9. The topological polar surface area (TPSA) is 0 Å². The van der Waals surface area contributed by atoms with Crippen LogP contribution in [0.2, 0.25) is 0 Å². The molecule has 132 valence electrons. The van der Waals surface area contributed by atoms with E-state index >= 15 is 0 Å². The van der Waals surface area contributed by atoms with Gasteiger partial charge in [-0.05, 0) is 58.6 Å².